The second-order valence-corrected chi connectivity index (χ2v) is 3.62. The molecule has 0 fully saturated rings. The van der Waals surface area contributed by atoms with Crippen molar-refractivity contribution in [2.24, 2.45) is 0 Å². The van der Waals surface area contributed by atoms with Crippen LogP contribution in [-0.2, 0) is 4.74 Å². The minimum atomic E-state index is -0.499. The summed E-state index contributed by atoms with van der Waals surface area (Å²) in [6, 6.07) is 4.43. The van der Waals surface area contributed by atoms with E-state index in [0.717, 1.165) is 0 Å². The van der Waals surface area contributed by atoms with Gasteiger partial charge in [0, 0.05) is 6.54 Å². The van der Waals surface area contributed by atoms with Gasteiger partial charge in [-0.25, -0.2) is 4.79 Å². The first-order valence-electron chi connectivity index (χ1n) is 5.04. The highest BCUT2D eigenvalue weighted by atomic mass is 32.1. The van der Waals surface area contributed by atoms with E-state index in [4.69, 9.17) is 12.2 Å². The van der Waals surface area contributed by atoms with Gasteiger partial charge in [0.15, 0.2) is 5.11 Å². The van der Waals surface area contributed by atoms with E-state index in [1.54, 1.807) is 12.1 Å². The number of aromatic hydroxyl groups is 1. The lowest BCUT2D eigenvalue weighted by Crippen LogP contribution is -2.27. The van der Waals surface area contributed by atoms with Crippen LogP contribution in [0.4, 0.5) is 5.69 Å². The van der Waals surface area contributed by atoms with Gasteiger partial charge in [-0.1, -0.05) is 0 Å². The largest absolute Gasteiger partial charge is 0.506 e. The molecule has 0 atom stereocenters. The Bertz CT molecular complexity index is 435. The molecule has 0 aliphatic heterocycles. The van der Waals surface area contributed by atoms with Crippen LogP contribution < -0.4 is 10.6 Å². The van der Waals surface area contributed by atoms with Crippen molar-refractivity contribution in [3.63, 3.8) is 0 Å². The fraction of sp³-hybridized carbons (Fsp3) is 0.273. The Hall–Kier alpha value is -1.82. The predicted octanol–water partition coefficient (Wildman–Crippen LogP) is 1.49. The van der Waals surface area contributed by atoms with Crippen LogP contribution in [-0.4, -0.2) is 29.8 Å². The van der Waals surface area contributed by atoms with Crippen molar-refractivity contribution in [2.75, 3.05) is 19.0 Å². The van der Waals surface area contributed by atoms with Gasteiger partial charge in [-0.2, -0.15) is 0 Å². The number of carbonyl (C=O) groups excluding carboxylic acids is 1. The minimum absolute atomic E-state index is 0.0619. The summed E-state index contributed by atoms with van der Waals surface area (Å²) in [5.41, 5.74) is 0.716. The number of esters is 1. The van der Waals surface area contributed by atoms with Gasteiger partial charge in [-0.05, 0) is 37.3 Å². The zero-order chi connectivity index (χ0) is 12.8. The lowest BCUT2D eigenvalue weighted by molar-refractivity contribution is 0.0600. The third-order valence-corrected chi connectivity index (χ3v) is 2.25. The van der Waals surface area contributed by atoms with Crippen molar-refractivity contribution in [2.45, 2.75) is 6.92 Å². The fourth-order valence-corrected chi connectivity index (χ4v) is 1.46. The van der Waals surface area contributed by atoms with Gasteiger partial charge in [-0.3, -0.25) is 0 Å². The molecule has 3 N–H and O–H groups in total. The Morgan fingerprint density at radius 1 is 1.53 bits per heavy atom. The van der Waals surface area contributed by atoms with E-state index < -0.39 is 5.97 Å². The summed E-state index contributed by atoms with van der Waals surface area (Å²) >= 11 is 4.98. The van der Waals surface area contributed by atoms with Crippen LogP contribution in [0, 0.1) is 0 Å². The molecular formula is C11H14N2O3S. The van der Waals surface area contributed by atoms with Crippen LogP contribution in [0.5, 0.6) is 5.75 Å². The molecule has 1 rings (SSSR count). The quantitative estimate of drug-likeness (QED) is 0.431. The summed E-state index contributed by atoms with van der Waals surface area (Å²) in [5.74, 6) is -0.561. The van der Waals surface area contributed by atoms with Crippen LogP contribution in [0.3, 0.4) is 0 Å². The van der Waals surface area contributed by atoms with Gasteiger partial charge in [-0.15, -0.1) is 0 Å². The molecule has 92 valence electrons. The number of carbonyl (C=O) groups is 1. The number of phenols is 1. The molecular weight excluding hydrogens is 240 g/mol. The summed E-state index contributed by atoms with van der Waals surface area (Å²) in [5, 5.41) is 15.8. The third kappa shape index (κ3) is 3.60. The molecule has 0 saturated heterocycles. The zero-order valence-electron chi connectivity index (χ0n) is 9.61. The van der Waals surface area contributed by atoms with Crippen LogP contribution in [0.1, 0.15) is 17.3 Å². The molecule has 0 radical (unpaired) electrons. The van der Waals surface area contributed by atoms with Crippen molar-refractivity contribution >= 4 is 29.0 Å². The third-order valence-electron chi connectivity index (χ3n) is 2.00. The maximum absolute atomic E-state index is 11.2. The van der Waals surface area contributed by atoms with Crippen LogP contribution in [0.25, 0.3) is 0 Å². The first-order valence-corrected chi connectivity index (χ1v) is 5.45. The summed E-state index contributed by atoms with van der Waals surface area (Å²) in [7, 11) is 1.28. The number of hydrogen-bond donors (Lipinski definition) is 3. The Balaban J connectivity index is 2.83. The van der Waals surface area contributed by atoms with Gasteiger partial charge in [0.25, 0.3) is 0 Å². The predicted molar refractivity (Wildman–Crippen MR) is 69.3 cm³/mol. The van der Waals surface area contributed by atoms with E-state index in [1.165, 1.54) is 13.2 Å². The molecule has 6 heteroatoms. The molecule has 0 saturated carbocycles. The van der Waals surface area contributed by atoms with E-state index in [2.05, 4.69) is 15.4 Å². The number of nitrogens with one attached hydrogen (secondary N) is 2. The first kappa shape index (κ1) is 13.2. The lowest BCUT2D eigenvalue weighted by Gasteiger charge is -2.10. The molecule has 17 heavy (non-hydrogen) atoms. The molecule has 0 spiro atoms. The number of benzene rings is 1. The average Bonchev–Trinajstić information content (AvgIpc) is 2.31. The zero-order valence-corrected chi connectivity index (χ0v) is 10.4. The van der Waals surface area contributed by atoms with Crippen LogP contribution in [0.2, 0.25) is 0 Å². The second-order valence-electron chi connectivity index (χ2n) is 3.21. The molecule has 1 aromatic rings. The number of rotatable bonds is 3. The average molecular weight is 254 g/mol. The summed E-state index contributed by atoms with van der Waals surface area (Å²) in [4.78, 5) is 11.2. The number of hydrogen-bond acceptors (Lipinski definition) is 4. The summed E-state index contributed by atoms with van der Waals surface area (Å²) in [6.07, 6.45) is 0. The molecule has 5 nitrogen and oxygen atoms in total. The summed E-state index contributed by atoms with van der Waals surface area (Å²) < 4.78 is 4.54. The number of thiocarbonyl (C=S) groups is 1. The van der Waals surface area contributed by atoms with E-state index in [1.807, 2.05) is 6.92 Å². The standard InChI is InChI=1S/C11H14N2O3S/c1-3-12-11(17)13-8-5-4-7(6-9(8)14)10(15)16-2/h4-6,14H,3H2,1-2H3,(H2,12,13,17). The maximum Gasteiger partial charge on any atom is 0.337 e. The number of phenolic OH excluding ortho intramolecular Hbond substituents is 1. The maximum atomic E-state index is 11.2. The molecule has 0 amide bonds. The van der Waals surface area contributed by atoms with Crippen LogP contribution in [0.15, 0.2) is 18.2 Å². The minimum Gasteiger partial charge on any atom is -0.506 e. The van der Waals surface area contributed by atoms with E-state index >= 15 is 0 Å². The van der Waals surface area contributed by atoms with E-state index in [9.17, 15) is 9.90 Å². The Morgan fingerprint density at radius 2 is 2.24 bits per heavy atom. The smallest absolute Gasteiger partial charge is 0.337 e. The molecule has 0 aliphatic rings. The molecule has 0 aliphatic carbocycles. The number of methoxy groups -OCH3 is 1. The molecule has 0 bridgehead atoms. The van der Waals surface area contributed by atoms with Crippen molar-refractivity contribution < 1.29 is 14.6 Å². The van der Waals surface area contributed by atoms with Gasteiger partial charge in [0.05, 0.1) is 18.4 Å². The molecule has 0 aromatic heterocycles. The fourth-order valence-electron chi connectivity index (χ4n) is 1.21. The van der Waals surface area contributed by atoms with Crippen molar-refractivity contribution in [1.29, 1.82) is 0 Å². The highest BCUT2D eigenvalue weighted by Crippen LogP contribution is 2.24. The van der Waals surface area contributed by atoms with Gasteiger partial charge < -0.3 is 20.5 Å². The molecule has 0 heterocycles. The molecule has 0 unspecified atom stereocenters. The van der Waals surface area contributed by atoms with Crippen molar-refractivity contribution in [1.82, 2.24) is 5.32 Å². The second kappa shape index (κ2) is 6.05. The van der Waals surface area contributed by atoms with Gasteiger partial charge >= 0.3 is 5.97 Å². The SMILES string of the molecule is CCNC(=S)Nc1ccc(C(=O)OC)cc1O. The highest BCUT2D eigenvalue weighted by molar-refractivity contribution is 7.80. The normalized spacial score (nSPS) is 9.53. The monoisotopic (exact) mass is 254 g/mol. The van der Waals surface area contributed by atoms with Gasteiger partial charge in [0.2, 0.25) is 0 Å². The number of anilines is 1. The van der Waals surface area contributed by atoms with Crippen LogP contribution >= 0.6 is 12.2 Å². The summed E-state index contributed by atoms with van der Waals surface area (Å²) in [6.45, 7) is 2.60. The van der Waals surface area contributed by atoms with E-state index in [-0.39, 0.29) is 11.3 Å². The van der Waals surface area contributed by atoms with E-state index in [0.29, 0.717) is 17.3 Å². The van der Waals surface area contributed by atoms with Gasteiger partial charge in [0.1, 0.15) is 5.75 Å². The van der Waals surface area contributed by atoms with Crippen molar-refractivity contribution in [3.05, 3.63) is 23.8 Å². The number of ether oxygens (including phenoxy) is 1. The lowest BCUT2D eigenvalue weighted by atomic mass is 10.2. The first-order chi connectivity index (χ1) is 8.08. The Labute approximate surface area is 105 Å². The van der Waals surface area contributed by atoms with Crippen molar-refractivity contribution in [3.8, 4) is 5.75 Å². The highest BCUT2D eigenvalue weighted by Gasteiger charge is 2.09. The topological polar surface area (TPSA) is 70.6 Å². The Kier molecular flexibility index (Phi) is 4.71. The Morgan fingerprint density at radius 3 is 2.76 bits per heavy atom. The molecule has 1 aromatic carbocycles.